The van der Waals surface area contributed by atoms with Gasteiger partial charge in [-0.3, -0.25) is 4.79 Å². The van der Waals surface area contributed by atoms with Crippen LogP contribution in [0.4, 0.5) is 0 Å². The minimum Gasteiger partial charge on any atom is -0.469 e. The van der Waals surface area contributed by atoms with E-state index in [2.05, 4.69) is 21.6 Å². The Hall–Kier alpha value is -0.610. The van der Waals surface area contributed by atoms with E-state index in [9.17, 15) is 4.79 Å². The molecule has 1 aliphatic rings. The molecule has 0 atom stereocenters. The van der Waals surface area contributed by atoms with Crippen LogP contribution in [0.2, 0.25) is 0 Å². The molecule has 1 saturated heterocycles. The minimum absolute atomic E-state index is 0.104. The van der Waals surface area contributed by atoms with E-state index in [-0.39, 0.29) is 5.97 Å². The molecule has 0 N–H and O–H groups in total. The van der Waals surface area contributed by atoms with Crippen LogP contribution in [0.1, 0.15) is 25.7 Å². The second-order valence-corrected chi connectivity index (χ2v) is 4.53. The van der Waals surface area contributed by atoms with Gasteiger partial charge >= 0.3 is 5.97 Å². The number of esters is 1. The smallest absolute Gasteiger partial charge is 0.305 e. The highest BCUT2D eigenvalue weighted by Crippen LogP contribution is 2.06. The normalized spacial score (nSPS) is 16.9. The summed E-state index contributed by atoms with van der Waals surface area (Å²) in [5.74, 6) is -0.104. The molecule has 0 saturated carbocycles. The Morgan fingerprint density at radius 2 is 2.00 bits per heavy atom. The average Bonchev–Trinajstić information content (AvgIpc) is 2.79. The van der Waals surface area contributed by atoms with Crippen LogP contribution in [0.15, 0.2) is 0 Å². The molecule has 0 aliphatic carbocycles. The maximum absolute atomic E-state index is 10.9. The lowest BCUT2D eigenvalue weighted by Gasteiger charge is -2.20. The first-order valence-corrected chi connectivity index (χ1v) is 6.20. The second-order valence-electron chi connectivity index (χ2n) is 4.53. The van der Waals surface area contributed by atoms with Crippen molar-refractivity contribution in [1.82, 2.24) is 9.80 Å². The maximum Gasteiger partial charge on any atom is 0.305 e. The molecule has 1 rings (SSSR count). The van der Waals surface area contributed by atoms with Crippen molar-refractivity contribution in [2.45, 2.75) is 25.7 Å². The molecule has 4 heteroatoms. The van der Waals surface area contributed by atoms with Gasteiger partial charge in [0.2, 0.25) is 0 Å². The van der Waals surface area contributed by atoms with Gasteiger partial charge in [0.15, 0.2) is 0 Å². The topological polar surface area (TPSA) is 32.8 Å². The zero-order chi connectivity index (χ0) is 11.8. The van der Waals surface area contributed by atoms with Crippen molar-refractivity contribution < 1.29 is 9.53 Å². The molecule has 16 heavy (non-hydrogen) atoms. The third kappa shape index (κ3) is 5.47. The van der Waals surface area contributed by atoms with Crippen LogP contribution in [0.3, 0.4) is 0 Å². The summed E-state index contributed by atoms with van der Waals surface area (Å²) < 4.78 is 4.61. The zero-order valence-electron chi connectivity index (χ0n) is 10.6. The van der Waals surface area contributed by atoms with Gasteiger partial charge in [-0.25, -0.2) is 0 Å². The van der Waals surface area contributed by atoms with Crippen molar-refractivity contribution in [3.63, 3.8) is 0 Å². The molecule has 0 aromatic rings. The Labute approximate surface area is 98.5 Å². The first kappa shape index (κ1) is 13.5. The number of hydrogen-bond acceptors (Lipinski definition) is 4. The number of rotatable bonds is 7. The zero-order valence-corrected chi connectivity index (χ0v) is 10.6. The van der Waals surface area contributed by atoms with E-state index in [0.29, 0.717) is 6.42 Å². The predicted molar refractivity (Wildman–Crippen MR) is 64.4 cm³/mol. The van der Waals surface area contributed by atoms with Gasteiger partial charge in [-0.2, -0.15) is 0 Å². The molecule has 0 amide bonds. The lowest BCUT2D eigenvalue weighted by atomic mass is 10.3. The SMILES string of the molecule is COC(=O)CCCN(C)CCN1CCCC1. The molecule has 0 unspecified atom stereocenters. The number of carbonyl (C=O) groups is 1. The van der Waals surface area contributed by atoms with E-state index >= 15 is 0 Å². The van der Waals surface area contributed by atoms with Gasteiger partial charge in [0.1, 0.15) is 0 Å². The Kier molecular flexibility index (Phi) is 6.42. The van der Waals surface area contributed by atoms with Crippen molar-refractivity contribution in [2.24, 2.45) is 0 Å². The second kappa shape index (κ2) is 7.63. The first-order valence-electron chi connectivity index (χ1n) is 6.20. The molecule has 94 valence electrons. The van der Waals surface area contributed by atoms with Crippen LogP contribution in [0.5, 0.6) is 0 Å². The molecule has 1 heterocycles. The summed E-state index contributed by atoms with van der Waals surface area (Å²) in [6.07, 6.45) is 4.13. The van der Waals surface area contributed by atoms with Crippen LogP contribution in [0.25, 0.3) is 0 Å². The third-order valence-electron chi connectivity index (χ3n) is 3.15. The number of likely N-dealkylation sites (N-methyl/N-ethyl adjacent to an activating group) is 1. The Bertz CT molecular complexity index is 203. The molecule has 0 radical (unpaired) electrons. The van der Waals surface area contributed by atoms with Crippen molar-refractivity contribution in [3.8, 4) is 0 Å². The van der Waals surface area contributed by atoms with Gasteiger partial charge in [-0.1, -0.05) is 0 Å². The van der Waals surface area contributed by atoms with E-state index in [1.54, 1.807) is 0 Å². The Balaban J connectivity index is 1.97. The van der Waals surface area contributed by atoms with Gasteiger partial charge in [0, 0.05) is 19.5 Å². The highest BCUT2D eigenvalue weighted by atomic mass is 16.5. The number of methoxy groups -OCH3 is 1. The van der Waals surface area contributed by atoms with Gasteiger partial charge < -0.3 is 14.5 Å². The highest BCUT2D eigenvalue weighted by molar-refractivity contribution is 5.69. The lowest BCUT2D eigenvalue weighted by Crippen LogP contribution is -2.32. The van der Waals surface area contributed by atoms with Crippen LogP contribution < -0.4 is 0 Å². The molecule has 0 bridgehead atoms. The number of hydrogen-bond donors (Lipinski definition) is 0. The summed E-state index contributed by atoms with van der Waals surface area (Å²) in [6, 6.07) is 0. The molecule has 0 aromatic carbocycles. The quantitative estimate of drug-likeness (QED) is 0.608. The number of ether oxygens (including phenoxy) is 1. The lowest BCUT2D eigenvalue weighted by molar-refractivity contribution is -0.140. The van der Waals surface area contributed by atoms with Gasteiger partial charge in [-0.05, 0) is 45.9 Å². The van der Waals surface area contributed by atoms with E-state index in [1.807, 2.05) is 0 Å². The standard InChI is InChI=1S/C12H24N2O2/c1-13(7-5-6-12(15)16-2)10-11-14-8-3-4-9-14/h3-11H2,1-2H3. The van der Waals surface area contributed by atoms with Crippen molar-refractivity contribution >= 4 is 5.97 Å². The fourth-order valence-corrected chi connectivity index (χ4v) is 2.03. The molecule has 0 aromatic heterocycles. The summed E-state index contributed by atoms with van der Waals surface area (Å²) in [6.45, 7) is 5.75. The molecule has 1 aliphatic heterocycles. The van der Waals surface area contributed by atoms with Crippen LogP contribution in [-0.4, -0.2) is 62.7 Å². The molecule has 0 spiro atoms. The van der Waals surface area contributed by atoms with E-state index < -0.39 is 0 Å². The van der Waals surface area contributed by atoms with E-state index in [1.165, 1.54) is 33.0 Å². The monoisotopic (exact) mass is 228 g/mol. The van der Waals surface area contributed by atoms with E-state index in [4.69, 9.17) is 0 Å². The number of nitrogens with zero attached hydrogens (tertiary/aromatic N) is 2. The molecule has 1 fully saturated rings. The first-order chi connectivity index (χ1) is 7.72. The molecular formula is C12H24N2O2. The number of carbonyl (C=O) groups excluding carboxylic acids is 1. The summed E-state index contributed by atoms with van der Waals surface area (Å²) in [5, 5.41) is 0. The van der Waals surface area contributed by atoms with Crippen LogP contribution >= 0.6 is 0 Å². The van der Waals surface area contributed by atoms with Crippen molar-refractivity contribution in [2.75, 3.05) is 46.9 Å². The van der Waals surface area contributed by atoms with Crippen molar-refractivity contribution in [1.29, 1.82) is 0 Å². The van der Waals surface area contributed by atoms with Crippen LogP contribution in [0, 0.1) is 0 Å². The highest BCUT2D eigenvalue weighted by Gasteiger charge is 2.11. The minimum atomic E-state index is -0.104. The summed E-state index contributed by atoms with van der Waals surface area (Å²) in [5.41, 5.74) is 0. The van der Waals surface area contributed by atoms with Crippen molar-refractivity contribution in [3.05, 3.63) is 0 Å². The maximum atomic E-state index is 10.9. The van der Waals surface area contributed by atoms with Gasteiger partial charge in [0.05, 0.1) is 7.11 Å². The third-order valence-corrected chi connectivity index (χ3v) is 3.15. The fraction of sp³-hybridized carbons (Fsp3) is 0.917. The largest absolute Gasteiger partial charge is 0.469 e. The van der Waals surface area contributed by atoms with Gasteiger partial charge in [-0.15, -0.1) is 0 Å². The Morgan fingerprint density at radius 3 is 2.62 bits per heavy atom. The fourth-order valence-electron chi connectivity index (χ4n) is 2.03. The predicted octanol–water partition coefficient (Wildman–Crippen LogP) is 0.967. The van der Waals surface area contributed by atoms with Crippen LogP contribution in [-0.2, 0) is 9.53 Å². The summed E-state index contributed by atoms with van der Waals surface area (Å²) in [7, 11) is 3.56. The van der Waals surface area contributed by atoms with E-state index in [0.717, 1.165) is 26.1 Å². The number of likely N-dealkylation sites (tertiary alicyclic amines) is 1. The Morgan fingerprint density at radius 1 is 1.31 bits per heavy atom. The molecular weight excluding hydrogens is 204 g/mol. The summed E-state index contributed by atoms with van der Waals surface area (Å²) >= 11 is 0. The molecule has 4 nitrogen and oxygen atoms in total. The average molecular weight is 228 g/mol. The van der Waals surface area contributed by atoms with Gasteiger partial charge in [0.25, 0.3) is 0 Å². The summed E-state index contributed by atoms with van der Waals surface area (Å²) in [4.78, 5) is 15.7.